The van der Waals surface area contributed by atoms with Crippen LogP contribution in [0, 0.1) is 6.92 Å². The second kappa shape index (κ2) is 7.21. The molecule has 0 unspecified atom stereocenters. The predicted octanol–water partition coefficient (Wildman–Crippen LogP) is 0.662. The average molecular weight is 326 g/mol. The number of sulfonamides is 1. The first-order valence-electron chi connectivity index (χ1n) is 7.29. The third-order valence-corrected chi connectivity index (χ3v) is 4.91. The van der Waals surface area contributed by atoms with Gasteiger partial charge in [-0.05, 0) is 19.4 Å². The number of hydrogen-bond donors (Lipinski definition) is 1. The molecular weight excluding hydrogens is 304 g/mol. The van der Waals surface area contributed by atoms with Crippen LogP contribution >= 0.6 is 0 Å². The van der Waals surface area contributed by atoms with Gasteiger partial charge < -0.3 is 9.64 Å². The maximum absolute atomic E-state index is 12.2. The van der Waals surface area contributed by atoms with Crippen molar-refractivity contribution in [2.45, 2.75) is 25.6 Å². The number of hydrogen-bond acceptors (Lipinski definition) is 4. The number of aryl methyl sites for hydroxylation is 1. The van der Waals surface area contributed by atoms with Crippen molar-refractivity contribution >= 4 is 15.9 Å². The standard InChI is InChI=1S/C15H22N2O4S/c1-12-4-3-5-14(10-12)11-22(19,20)16-13(2)15(18)17-6-8-21-9-7-17/h3-5,10,13,16H,6-9,11H2,1-2H3/t13-/m0/s1. The van der Waals surface area contributed by atoms with Crippen molar-refractivity contribution in [2.75, 3.05) is 26.3 Å². The van der Waals surface area contributed by atoms with Crippen molar-refractivity contribution in [1.29, 1.82) is 0 Å². The summed E-state index contributed by atoms with van der Waals surface area (Å²) >= 11 is 0. The highest BCUT2D eigenvalue weighted by molar-refractivity contribution is 7.88. The van der Waals surface area contributed by atoms with E-state index in [1.54, 1.807) is 17.9 Å². The Morgan fingerprint density at radius 2 is 2.05 bits per heavy atom. The molecule has 2 rings (SSSR count). The Labute approximate surface area is 131 Å². The molecule has 7 heteroatoms. The van der Waals surface area contributed by atoms with Crippen LogP contribution in [0.15, 0.2) is 24.3 Å². The molecule has 1 aromatic carbocycles. The summed E-state index contributed by atoms with van der Waals surface area (Å²) in [5, 5.41) is 0. The number of carbonyl (C=O) groups excluding carboxylic acids is 1. The lowest BCUT2D eigenvalue weighted by Crippen LogP contribution is -2.50. The van der Waals surface area contributed by atoms with Crippen molar-refractivity contribution in [3.8, 4) is 0 Å². The highest BCUT2D eigenvalue weighted by atomic mass is 32.2. The summed E-state index contributed by atoms with van der Waals surface area (Å²) in [7, 11) is -3.56. The second-order valence-electron chi connectivity index (χ2n) is 5.53. The molecule has 0 saturated carbocycles. The summed E-state index contributed by atoms with van der Waals surface area (Å²) < 4.78 is 32.1. The van der Waals surface area contributed by atoms with Crippen molar-refractivity contribution < 1.29 is 17.9 Å². The van der Waals surface area contributed by atoms with Gasteiger partial charge in [0.2, 0.25) is 15.9 Å². The minimum Gasteiger partial charge on any atom is -0.378 e. The lowest BCUT2D eigenvalue weighted by atomic mass is 10.2. The SMILES string of the molecule is Cc1cccc(CS(=O)(=O)N[C@@H](C)C(=O)N2CCOCC2)c1. The molecule has 6 nitrogen and oxygen atoms in total. The Kier molecular flexibility index (Phi) is 5.55. The number of benzene rings is 1. The van der Waals surface area contributed by atoms with E-state index in [1.165, 1.54) is 0 Å². The monoisotopic (exact) mass is 326 g/mol. The first kappa shape index (κ1) is 16.9. The molecule has 1 amide bonds. The van der Waals surface area contributed by atoms with E-state index in [9.17, 15) is 13.2 Å². The Bertz CT molecular complexity index is 624. The molecular formula is C15H22N2O4S. The van der Waals surface area contributed by atoms with Crippen molar-refractivity contribution in [3.63, 3.8) is 0 Å². The molecule has 0 radical (unpaired) electrons. The van der Waals surface area contributed by atoms with E-state index in [-0.39, 0.29) is 11.7 Å². The zero-order chi connectivity index (χ0) is 16.2. The minimum atomic E-state index is -3.56. The number of nitrogens with one attached hydrogen (secondary N) is 1. The minimum absolute atomic E-state index is 0.130. The second-order valence-corrected chi connectivity index (χ2v) is 7.28. The number of amides is 1. The fourth-order valence-electron chi connectivity index (χ4n) is 2.44. The molecule has 1 aliphatic rings. The third-order valence-electron chi connectivity index (χ3n) is 3.49. The average Bonchev–Trinajstić information content (AvgIpc) is 2.46. The van der Waals surface area contributed by atoms with Gasteiger partial charge in [0, 0.05) is 13.1 Å². The lowest BCUT2D eigenvalue weighted by Gasteiger charge is -2.29. The van der Waals surface area contributed by atoms with Crippen LogP contribution in [0.1, 0.15) is 18.1 Å². The Hall–Kier alpha value is -1.44. The van der Waals surface area contributed by atoms with Gasteiger partial charge in [0.1, 0.15) is 0 Å². The van der Waals surface area contributed by atoms with E-state index in [0.29, 0.717) is 31.9 Å². The molecule has 0 aliphatic carbocycles. The first-order chi connectivity index (χ1) is 10.4. The molecule has 1 atom stereocenters. The molecule has 22 heavy (non-hydrogen) atoms. The van der Waals surface area contributed by atoms with E-state index in [2.05, 4.69) is 4.72 Å². The molecule has 1 aliphatic heterocycles. The molecule has 0 bridgehead atoms. The maximum Gasteiger partial charge on any atom is 0.240 e. The summed E-state index contributed by atoms with van der Waals surface area (Å²) in [6, 6.07) is 6.55. The van der Waals surface area contributed by atoms with Crippen LogP contribution in [-0.4, -0.2) is 51.6 Å². The van der Waals surface area contributed by atoms with Crippen LogP contribution in [-0.2, 0) is 25.3 Å². The van der Waals surface area contributed by atoms with Crippen molar-refractivity contribution in [1.82, 2.24) is 9.62 Å². The van der Waals surface area contributed by atoms with Crippen LogP contribution in [0.2, 0.25) is 0 Å². The zero-order valence-corrected chi connectivity index (χ0v) is 13.7. The molecule has 1 aromatic rings. The van der Waals surface area contributed by atoms with E-state index in [1.807, 2.05) is 25.1 Å². The van der Waals surface area contributed by atoms with Gasteiger partial charge in [0.25, 0.3) is 0 Å². The fourth-order valence-corrected chi connectivity index (χ4v) is 3.78. The van der Waals surface area contributed by atoms with Gasteiger partial charge >= 0.3 is 0 Å². The van der Waals surface area contributed by atoms with Crippen LogP contribution in [0.3, 0.4) is 0 Å². The van der Waals surface area contributed by atoms with E-state index in [4.69, 9.17) is 4.74 Å². The quantitative estimate of drug-likeness (QED) is 0.862. The Morgan fingerprint density at radius 3 is 2.68 bits per heavy atom. The fraction of sp³-hybridized carbons (Fsp3) is 0.533. The van der Waals surface area contributed by atoms with Gasteiger partial charge in [-0.2, -0.15) is 0 Å². The van der Waals surface area contributed by atoms with Crippen LogP contribution in [0.4, 0.5) is 0 Å². The summed E-state index contributed by atoms with van der Waals surface area (Å²) in [4.78, 5) is 13.9. The largest absolute Gasteiger partial charge is 0.378 e. The smallest absolute Gasteiger partial charge is 0.240 e. The highest BCUT2D eigenvalue weighted by Crippen LogP contribution is 2.09. The van der Waals surface area contributed by atoms with Crippen LogP contribution in [0.5, 0.6) is 0 Å². The molecule has 1 fully saturated rings. The summed E-state index contributed by atoms with van der Waals surface area (Å²) in [5.74, 6) is -0.341. The molecule has 1 heterocycles. The van der Waals surface area contributed by atoms with Gasteiger partial charge in [0.15, 0.2) is 0 Å². The van der Waals surface area contributed by atoms with Gasteiger partial charge in [-0.3, -0.25) is 4.79 Å². The number of nitrogens with zero attached hydrogens (tertiary/aromatic N) is 1. The third kappa shape index (κ3) is 4.79. The summed E-state index contributed by atoms with van der Waals surface area (Å²) in [6.45, 7) is 5.48. The number of rotatable bonds is 5. The van der Waals surface area contributed by atoms with Crippen LogP contribution < -0.4 is 4.72 Å². The van der Waals surface area contributed by atoms with Crippen LogP contribution in [0.25, 0.3) is 0 Å². The molecule has 0 aromatic heterocycles. The van der Waals surface area contributed by atoms with E-state index in [0.717, 1.165) is 5.56 Å². The molecule has 1 saturated heterocycles. The topological polar surface area (TPSA) is 75.7 Å². The van der Waals surface area contributed by atoms with Gasteiger partial charge in [-0.15, -0.1) is 0 Å². The number of ether oxygens (including phenoxy) is 1. The van der Waals surface area contributed by atoms with Crippen molar-refractivity contribution in [3.05, 3.63) is 35.4 Å². The summed E-state index contributed by atoms with van der Waals surface area (Å²) in [5.41, 5.74) is 1.71. The Balaban J connectivity index is 1.96. The Morgan fingerprint density at radius 1 is 1.36 bits per heavy atom. The first-order valence-corrected chi connectivity index (χ1v) is 8.95. The highest BCUT2D eigenvalue weighted by Gasteiger charge is 2.26. The molecule has 1 N–H and O–H groups in total. The number of morpholine rings is 1. The maximum atomic E-state index is 12.2. The van der Waals surface area contributed by atoms with Gasteiger partial charge in [0.05, 0.1) is 25.0 Å². The van der Waals surface area contributed by atoms with E-state index >= 15 is 0 Å². The zero-order valence-electron chi connectivity index (χ0n) is 12.9. The lowest BCUT2D eigenvalue weighted by molar-refractivity contribution is -0.136. The van der Waals surface area contributed by atoms with Crippen molar-refractivity contribution in [2.24, 2.45) is 0 Å². The number of carbonyl (C=O) groups is 1. The normalized spacial score (nSPS) is 17.3. The predicted molar refractivity (Wildman–Crippen MR) is 83.8 cm³/mol. The summed E-state index contributed by atoms with van der Waals surface area (Å²) in [6.07, 6.45) is 0. The van der Waals surface area contributed by atoms with E-state index < -0.39 is 16.1 Å². The molecule has 0 spiro atoms. The van der Waals surface area contributed by atoms with Gasteiger partial charge in [-0.25, -0.2) is 13.1 Å². The van der Waals surface area contributed by atoms with Gasteiger partial charge in [-0.1, -0.05) is 29.8 Å². The molecule has 122 valence electrons.